The van der Waals surface area contributed by atoms with Crippen molar-refractivity contribution >= 4 is 16.9 Å². The van der Waals surface area contributed by atoms with Crippen molar-refractivity contribution < 1.29 is 9.53 Å². The predicted octanol–water partition coefficient (Wildman–Crippen LogP) is 2.29. The fourth-order valence-corrected chi connectivity index (χ4v) is 2.18. The van der Waals surface area contributed by atoms with Gasteiger partial charge < -0.3 is 15.0 Å². The molecule has 0 unspecified atom stereocenters. The summed E-state index contributed by atoms with van der Waals surface area (Å²) >= 11 is 0. The van der Waals surface area contributed by atoms with Crippen LogP contribution in [0.1, 0.15) is 22.8 Å². The Morgan fingerprint density at radius 2 is 2.23 bits per heavy atom. The molecule has 3 rings (SSSR count). The second-order valence-electron chi connectivity index (χ2n) is 4.72. The lowest BCUT2D eigenvalue weighted by molar-refractivity contribution is 0.0950. The zero-order chi connectivity index (χ0) is 15.4. The first-order valence-electron chi connectivity index (χ1n) is 7.06. The molecule has 0 spiro atoms. The quantitative estimate of drug-likeness (QED) is 0.757. The van der Waals surface area contributed by atoms with Gasteiger partial charge in [0.1, 0.15) is 0 Å². The van der Waals surface area contributed by atoms with Crippen molar-refractivity contribution in [1.29, 1.82) is 0 Å². The Bertz CT molecular complexity index is 797. The van der Waals surface area contributed by atoms with E-state index < -0.39 is 0 Å². The molecule has 0 radical (unpaired) electrons. The first-order chi connectivity index (χ1) is 10.8. The summed E-state index contributed by atoms with van der Waals surface area (Å²) in [6.45, 7) is 2.80. The van der Waals surface area contributed by atoms with Gasteiger partial charge in [-0.25, -0.2) is 9.97 Å². The Morgan fingerprint density at radius 1 is 1.32 bits per heavy atom. The molecule has 0 fully saturated rings. The molecule has 1 amide bonds. The lowest BCUT2D eigenvalue weighted by atomic mass is 10.2. The molecule has 22 heavy (non-hydrogen) atoms. The summed E-state index contributed by atoms with van der Waals surface area (Å²) in [5.74, 6) is 0.400. The van der Waals surface area contributed by atoms with Gasteiger partial charge in [0.2, 0.25) is 5.88 Å². The van der Waals surface area contributed by atoms with Crippen molar-refractivity contribution in [2.75, 3.05) is 6.61 Å². The zero-order valence-electron chi connectivity index (χ0n) is 12.2. The zero-order valence-corrected chi connectivity index (χ0v) is 12.2. The number of ether oxygens (including phenoxy) is 1. The third kappa shape index (κ3) is 2.90. The molecular weight excluding hydrogens is 280 g/mol. The fraction of sp³-hybridized carbons (Fsp3) is 0.188. The number of carbonyl (C=O) groups excluding carboxylic acids is 1. The van der Waals surface area contributed by atoms with Crippen LogP contribution in [0.4, 0.5) is 0 Å². The average Bonchev–Trinajstić information content (AvgIpc) is 3.01. The van der Waals surface area contributed by atoms with Crippen molar-refractivity contribution in [1.82, 2.24) is 20.3 Å². The number of rotatable bonds is 5. The summed E-state index contributed by atoms with van der Waals surface area (Å²) in [6.07, 6.45) is 3.28. The summed E-state index contributed by atoms with van der Waals surface area (Å²) in [7, 11) is 0. The molecule has 2 aromatic heterocycles. The minimum atomic E-state index is -0.150. The number of H-pyrrole nitrogens is 1. The second kappa shape index (κ2) is 6.26. The molecule has 112 valence electrons. The Balaban J connectivity index is 1.72. The van der Waals surface area contributed by atoms with Gasteiger partial charge in [-0.15, -0.1) is 0 Å². The summed E-state index contributed by atoms with van der Waals surface area (Å²) in [5.41, 5.74) is 3.10. The van der Waals surface area contributed by atoms with Gasteiger partial charge in [-0.2, -0.15) is 0 Å². The van der Waals surface area contributed by atoms with Gasteiger partial charge in [-0.3, -0.25) is 4.79 Å². The Labute approximate surface area is 127 Å². The Morgan fingerprint density at radius 3 is 3.09 bits per heavy atom. The molecule has 0 saturated carbocycles. The van der Waals surface area contributed by atoms with E-state index in [-0.39, 0.29) is 5.91 Å². The van der Waals surface area contributed by atoms with E-state index in [1.165, 1.54) is 0 Å². The number of hydrogen-bond acceptors (Lipinski definition) is 4. The van der Waals surface area contributed by atoms with Crippen LogP contribution in [0.25, 0.3) is 11.0 Å². The van der Waals surface area contributed by atoms with E-state index >= 15 is 0 Å². The Hall–Kier alpha value is -2.89. The molecule has 0 aliphatic rings. The molecule has 6 nitrogen and oxygen atoms in total. The maximum atomic E-state index is 12.2. The topological polar surface area (TPSA) is 79.9 Å². The highest BCUT2D eigenvalue weighted by atomic mass is 16.5. The monoisotopic (exact) mass is 296 g/mol. The number of amides is 1. The fourth-order valence-electron chi connectivity index (χ4n) is 2.18. The molecule has 0 aliphatic carbocycles. The van der Waals surface area contributed by atoms with E-state index in [0.717, 1.165) is 16.6 Å². The highest BCUT2D eigenvalue weighted by Gasteiger charge is 2.09. The van der Waals surface area contributed by atoms with Crippen molar-refractivity contribution in [2.45, 2.75) is 13.5 Å². The molecule has 0 aliphatic heterocycles. The van der Waals surface area contributed by atoms with Crippen molar-refractivity contribution in [3.05, 3.63) is 54.0 Å². The predicted molar refractivity (Wildman–Crippen MR) is 82.7 cm³/mol. The molecular formula is C16H16N4O2. The summed E-state index contributed by atoms with van der Waals surface area (Å²) in [4.78, 5) is 23.5. The minimum Gasteiger partial charge on any atom is -0.478 e. The first-order valence-corrected chi connectivity index (χ1v) is 7.06. The number of nitrogens with zero attached hydrogens (tertiary/aromatic N) is 2. The van der Waals surface area contributed by atoms with E-state index in [0.29, 0.717) is 24.6 Å². The lowest BCUT2D eigenvalue weighted by Gasteiger charge is -2.09. The van der Waals surface area contributed by atoms with E-state index in [4.69, 9.17) is 4.74 Å². The summed E-state index contributed by atoms with van der Waals surface area (Å²) in [6, 6.07) is 9.06. The number of aromatic nitrogens is 3. The summed E-state index contributed by atoms with van der Waals surface area (Å²) < 4.78 is 5.45. The summed E-state index contributed by atoms with van der Waals surface area (Å²) in [5, 5.41) is 2.88. The lowest BCUT2D eigenvalue weighted by Crippen LogP contribution is -2.23. The van der Waals surface area contributed by atoms with E-state index in [1.807, 2.05) is 25.1 Å². The number of nitrogens with one attached hydrogen (secondary N) is 2. The number of benzene rings is 1. The van der Waals surface area contributed by atoms with Gasteiger partial charge in [-0.1, -0.05) is 6.07 Å². The van der Waals surface area contributed by atoms with Crippen LogP contribution in [0.3, 0.4) is 0 Å². The normalized spacial score (nSPS) is 10.6. The number of pyridine rings is 1. The SMILES string of the molecule is CCOc1ncccc1CNC(=O)c1ccc2nc[nH]c2c1. The molecule has 0 saturated heterocycles. The van der Waals surface area contributed by atoms with Crippen LogP contribution in [0.5, 0.6) is 5.88 Å². The second-order valence-corrected chi connectivity index (χ2v) is 4.72. The largest absolute Gasteiger partial charge is 0.478 e. The molecule has 2 N–H and O–H groups in total. The average molecular weight is 296 g/mol. The number of hydrogen-bond donors (Lipinski definition) is 2. The smallest absolute Gasteiger partial charge is 0.251 e. The van der Waals surface area contributed by atoms with Gasteiger partial charge in [-0.05, 0) is 31.2 Å². The van der Waals surface area contributed by atoms with Gasteiger partial charge in [0.25, 0.3) is 5.91 Å². The van der Waals surface area contributed by atoms with Gasteiger partial charge >= 0.3 is 0 Å². The van der Waals surface area contributed by atoms with Crippen LogP contribution in [0.2, 0.25) is 0 Å². The van der Waals surface area contributed by atoms with Gasteiger partial charge in [0.05, 0.1) is 24.0 Å². The molecule has 2 heterocycles. The number of imidazole rings is 1. The molecule has 0 bridgehead atoms. The number of aromatic amines is 1. The van der Waals surface area contributed by atoms with Gasteiger partial charge in [0.15, 0.2) is 0 Å². The van der Waals surface area contributed by atoms with E-state index in [1.54, 1.807) is 24.7 Å². The first kappa shape index (κ1) is 14.1. The van der Waals surface area contributed by atoms with Crippen LogP contribution < -0.4 is 10.1 Å². The molecule has 1 aromatic carbocycles. The maximum absolute atomic E-state index is 12.2. The Kier molecular flexibility index (Phi) is 4.00. The van der Waals surface area contributed by atoms with Crippen LogP contribution in [-0.2, 0) is 6.54 Å². The van der Waals surface area contributed by atoms with Crippen LogP contribution >= 0.6 is 0 Å². The number of fused-ring (bicyclic) bond motifs is 1. The van der Waals surface area contributed by atoms with Crippen molar-refractivity contribution in [3.8, 4) is 5.88 Å². The van der Waals surface area contributed by atoms with Crippen LogP contribution in [-0.4, -0.2) is 27.5 Å². The van der Waals surface area contributed by atoms with Gasteiger partial charge in [0, 0.05) is 23.9 Å². The third-order valence-corrected chi connectivity index (χ3v) is 3.25. The minimum absolute atomic E-state index is 0.150. The highest BCUT2D eigenvalue weighted by molar-refractivity contribution is 5.97. The molecule has 6 heteroatoms. The van der Waals surface area contributed by atoms with Crippen molar-refractivity contribution in [3.63, 3.8) is 0 Å². The third-order valence-electron chi connectivity index (χ3n) is 3.25. The van der Waals surface area contributed by atoms with E-state index in [2.05, 4.69) is 20.3 Å². The molecule has 3 aromatic rings. The standard InChI is InChI=1S/C16H16N4O2/c1-2-22-16-12(4-3-7-17-16)9-18-15(21)11-5-6-13-14(8-11)20-10-19-13/h3-8,10H,2,9H2,1H3,(H,18,21)(H,19,20). The number of carbonyl (C=O) groups is 1. The van der Waals surface area contributed by atoms with Crippen LogP contribution in [0, 0.1) is 0 Å². The van der Waals surface area contributed by atoms with Crippen LogP contribution in [0.15, 0.2) is 42.9 Å². The highest BCUT2D eigenvalue weighted by Crippen LogP contribution is 2.15. The van der Waals surface area contributed by atoms with E-state index in [9.17, 15) is 4.79 Å². The van der Waals surface area contributed by atoms with Crippen molar-refractivity contribution in [2.24, 2.45) is 0 Å². The maximum Gasteiger partial charge on any atom is 0.251 e. The molecule has 0 atom stereocenters.